The van der Waals surface area contributed by atoms with Gasteiger partial charge in [-0.3, -0.25) is 8.80 Å². The van der Waals surface area contributed by atoms with E-state index in [0.29, 0.717) is 23.4 Å². The number of esters is 1. The maximum absolute atomic E-state index is 11.9. The lowest BCUT2D eigenvalue weighted by Crippen LogP contribution is -2.06. The molecule has 0 spiro atoms. The number of aromatic nitrogens is 4. The molecule has 0 amide bonds. The number of rotatable bonds is 5. The first-order valence-electron chi connectivity index (χ1n) is 11.0. The van der Waals surface area contributed by atoms with Crippen LogP contribution in [0.2, 0.25) is 0 Å². The summed E-state index contributed by atoms with van der Waals surface area (Å²) in [6, 6.07) is 14.3. The van der Waals surface area contributed by atoms with Crippen molar-refractivity contribution >= 4 is 44.5 Å². The summed E-state index contributed by atoms with van der Waals surface area (Å²) in [5.74, 6) is -1.24. The van der Waals surface area contributed by atoms with Crippen LogP contribution >= 0.6 is 22.7 Å². The molecule has 0 bridgehead atoms. The van der Waals surface area contributed by atoms with E-state index >= 15 is 0 Å². The average Bonchev–Trinajstić information content (AvgIpc) is 3.65. The number of aromatic carboxylic acids is 1. The van der Waals surface area contributed by atoms with Crippen molar-refractivity contribution in [3.05, 3.63) is 95.2 Å². The molecule has 180 valence electrons. The van der Waals surface area contributed by atoms with Gasteiger partial charge in [-0.15, -0.1) is 22.7 Å². The first-order valence-corrected chi connectivity index (χ1v) is 12.7. The molecule has 0 aliphatic rings. The molecule has 0 saturated heterocycles. The SMILES string of the molecule is CCOC(=O)c1ccccc1-c1cn2ccsc2n1.O=C(O)c1ccccc1-c1cn2ccsc2n1. The fourth-order valence-electron chi connectivity index (χ4n) is 3.70. The van der Waals surface area contributed by atoms with Crippen LogP contribution in [0.1, 0.15) is 27.6 Å². The second kappa shape index (κ2) is 10.1. The molecule has 0 aliphatic carbocycles. The zero-order chi connectivity index (χ0) is 25.1. The minimum Gasteiger partial charge on any atom is -0.478 e. The molecule has 6 rings (SSSR count). The highest BCUT2D eigenvalue weighted by Crippen LogP contribution is 2.26. The predicted octanol–water partition coefficient (Wildman–Crippen LogP) is 6.00. The average molecular weight is 517 g/mol. The summed E-state index contributed by atoms with van der Waals surface area (Å²) in [4.78, 5) is 33.8. The number of carboxylic acids is 1. The topological polar surface area (TPSA) is 98.2 Å². The van der Waals surface area contributed by atoms with Crippen molar-refractivity contribution in [3.63, 3.8) is 0 Å². The molecule has 0 aliphatic heterocycles. The number of fused-ring (bicyclic) bond motifs is 2. The highest BCUT2D eigenvalue weighted by molar-refractivity contribution is 7.15. The third kappa shape index (κ3) is 4.64. The number of thiazole rings is 2. The first-order chi connectivity index (χ1) is 17.5. The van der Waals surface area contributed by atoms with Crippen LogP contribution in [-0.4, -0.2) is 42.4 Å². The predicted molar refractivity (Wildman–Crippen MR) is 140 cm³/mol. The van der Waals surface area contributed by atoms with Gasteiger partial charge < -0.3 is 9.84 Å². The van der Waals surface area contributed by atoms with Gasteiger partial charge in [-0.25, -0.2) is 19.6 Å². The molecule has 10 heteroatoms. The second-order valence-corrected chi connectivity index (χ2v) is 9.30. The molecule has 4 heterocycles. The molecule has 1 N–H and O–H groups in total. The van der Waals surface area contributed by atoms with Gasteiger partial charge in [0.1, 0.15) is 0 Å². The van der Waals surface area contributed by atoms with Crippen LogP contribution in [0.15, 0.2) is 84.1 Å². The van der Waals surface area contributed by atoms with Gasteiger partial charge >= 0.3 is 11.9 Å². The molecule has 36 heavy (non-hydrogen) atoms. The van der Waals surface area contributed by atoms with Gasteiger partial charge in [-0.1, -0.05) is 36.4 Å². The molecule has 2 aromatic carbocycles. The van der Waals surface area contributed by atoms with E-state index in [1.807, 2.05) is 68.6 Å². The zero-order valence-corrected chi connectivity index (χ0v) is 20.7. The van der Waals surface area contributed by atoms with E-state index in [2.05, 4.69) is 9.97 Å². The number of carbonyl (C=O) groups is 2. The zero-order valence-electron chi connectivity index (χ0n) is 19.1. The maximum Gasteiger partial charge on any atom is 0.338 e. The number of nitrogens with zero attached hydrogens (tertiary/aromatic N) is 4. The van der Waals surface area contributed by atoms with Crippen molar-refractivity contribution < 1.29 is 19.4 Å². The molecule has 0 fully saturated rings. The van der Waals surface area contributed by atoms with Crippen LogP contribution in [0.5, 0.6) is 0 Å². The van der Waals surface area contributed by atoms with E-state index in [4.69, 9.17) is 9.84 Å². The third-order valence-corrected chi connectivity index (χ3v) is 6.86. The Labute approximate surface area is 213 Å². The largest absolute Gasteiger partial charge is 0.478 e. The van der Waals surface area contributed by atoms with Crippen molar-refractivity contribution in [1.29, 1.82) is 0 Å². The summed E-state index contributed by atoms with van der Waals surface area (Å²) in [6.07, 6.45) is 7.61. The Balaban J connectivity index is 0.000000149. The molecule has 0 saturated carbocycles. The van der Waals surface area contributed by atoms with Crippen LogP contribution in [0.4, 0.5) is 0 Å². The van der Waals surface area contributed by atoms with E-state index in [1.54, 1.807) is 42.5 Å². The number of carboxylic acid groups (broad SMARTS) is 1. The smallest absolute Gasteiger partial charge is 0.338 e. The summed E-state index contributed by atoms with van der Waals surface area (Å²) in [6.45, 7) is 2.17. The standard InChI is InChI=1S/C14H12N2O2S.C12H8N2O2S/c1-2-18-13(17)11-6-4-3-5-10(11)12-9-16-7-8-19-14(16)15-12;15-11(16)9-4-2-1-3-8(9)10-7-14-5-6-17-12(14)13-10/h3-9H,2H2,1H3;1-7H,(H,15,16). The van der Waals surface area contributed by atoms with Crippen LogP contribution < -0.4 is 0 Å². The lowest BCUT2D eigenvalue weighted by Gasteiger charge is -2.06. The Morgan fingerprint density at radius 2 is 1.33 bits per heavy atom. The van der Waals surface area contributed by atoms with Gasteiger partial charge in [0.25, 0.3) is 0 Å². The number of ether oxygens (including phenoxy) is 1. The van der Waals surface area contributed by atoms with Crippen molar-refractivity contribution in [3.8, 4) is 22.5 Å². The number of hydrogen-bond donors (Lipinski definition) is 1. The number of benzene rings is 2. The van der Waals surface area contributed by atoms with Gasteiger partial charge in [0.2, 0.25) is 0 Å². The second-order valence-electron chi connectivity index (χ2n) is 7.55. The Hall–Kier alpha value is -4.28. The normalized spacial score (nSPS) is 10.8. The summed E-state index contributed by atoms with van der Waals surface area (Å²) >= 11 is 3.08. The quantitative estimate of drug-likeness (QED) is 0.282. The molecular formula is C26H20N4O4S2. The van der Waals surface area contributed by atoms with Crippen LogP contribution in [0, 0.1) is 0 Å². The lowest BCUT2D eigenvalue weighted by atomic mass is 10.1. The minimum atomic E-state index is -0.933. The number of hydrogen-bond acceptors (Lipinski definition) is 7. The van der Waals surface area contributed by atoms with Crippen molar-refractivity contribution in [2.75, 3.05) is 6.61 Å². The van der Waals surface area contributed by atoms with E-state index in [9.17, 15) is 9.59 Å². The summed E-state index contributed by atoms with van der Waals surface area (Å²) in [5, 5.41) is 13.0. The van der Waals surface area contributed by atoms with Crippen molar-refractivity contribution in [1.82, 2.24) is 18.8 Å². The summed E-state index contributed by atoms with van der Waals surface area (Å²) < 4.78 is 8.91. The molecule has 6 aromatic rings. The van der Waals surface area contributed by atoms with Gasteiger partial charge in [0.05, 0.1) is 29.1 Å². The maximum atomic E-state index is 11.9. The lowest BCUT2D eigenvalue weighted by molar-refractivity contribution is 0.0526. The number of carbonyl (C=O) groups excluding carboxylic acids is 1. The van der Waals surface area contributed by atoms with Gasteiger partial charge in [-0.05, 0) is 19.1 Å². The van der Waals surface area contributed by atoms with Crippen molar-refractivity contribution in [2.45, 2.75) is 6.92 Å². The highest BCUT2D eigenvalue weighted by Gasteiger charge is 2.16. The Kier molecular flexibility index (Phi) is 6.61. The van der Waals surface area contributed by atoms with Crippen LogP contribution in [0.25, 0.3) is 32.4 Å². The minimum absolute atomic E-state index is 0.276. The third-order valence-electron chi connectivity index (χ3n) is 5.32. The van der Waals surface area contributed by atoms with Gasteiger partial charge in [-0.2, -0.15) is 0 Å². The highest BCUT2D eigenvalue weighted by atomic mass is 32.1. The van der Waals surface area contributed by atoms with Gasteiger partial charge in [0.15, 0.2) is 9.92 Å². The van der Waals surface area contributed by atoms with Crippen molar-refractivity contribution in [2.24, 2.45) is 0 Å². The molecule has 8 nitrogen and oxygen atoms in total. The molecule has 0 radical (unpaired) electrons. The van der Waals surface area contributed by atoms with E-state index in [-0.39, 0.29) is 11.5 Å². The Morgan fingerprint density at radius 3 is 1.83 bits per heavy atom. The number of imidazole rings is 2. The van der Waals surface area contributed by atoms with E-state index in [1.165, 1.54) is 11.3 Å². The van der Waals surface area contributed by atoms with Crippen LogP contribution in [-0.2, 0) is 4.74 Å². The first kappa shape index (κ1) is 23.5. The van der Waals surface area contributed by atoms with Crippen LogP contribution in [0.3, 0.4) is 0 Å². The summed E-state index contributed by atoms with van der Waals surface area (Å²) in [5.41, 5.74) is 3.76. The molecule has 0 atom stereocenters. The monoisotopic (exact) mass is 516 g/mol. The van der Waals surface area contributed by atoms with E-state index in [0.717, 1.165) is 21.2 Å². The molecular weight excluding hydrogens is 496 g/mol. The van der Waals surface area contributed by atoms with E-state index < -0.39 is 5.97 Å². The molecule has 4 aromatic heterocycles. The molecule has 0 unspecified atom stereocenters. The Bertz CT molecular complexity index is 1620. The fraction of sp³-hybridized carbons (Fsp3) is 0.0769. The Morgan fingerprint density at radius 1 is 0.833 bits per heavy atom. The summed E-state index contributed by atoms with van der Waals surface area (Å²) in [7, 11) is 0. The fourth-order valence-corrected chi connectivity index (χ4v) is 5.10. The van der Waals surface area contributed by atoms with Gasteiger partial charge in [0, 0.05) is 46.7 Å².